The van der Waals surface area contributed by atoms with Gasteiger partial charge in [0.25, 0.3) is 0 Å². The molecular weight excluding hydrogens is 592 g/mol. The molecular formula is C39H42N2O6. The van der Waals surface area contributed by atoms with E-state index in [1.165, 1.54) is 19.4 Å². The third-order valence-electron chi connectivity index (χ3n) is 10.9. The maximum atomic E-state index is 13.8. The Balaban J connectivity index is 1.30. The van der Waals surface area contributed by atoms with Gasteiger partial charge in [-0.05, 0) is 74.4 Å². The van der Waals surface area contributed by atoms with E-state index in [1.807, 2.05) is 62.5 Å². The number of aryl methyl sites for hydroxylation is 1. The highest BCUT2D eigenvalue weighted by Crippen LogP contribution is 2.67. The van der Waals surface area contributed by atoms with Crippen molar-refractivity contribution in [3.05, 3.63) is 101 Å². The second-order valence-electron chi connectivity index (χ2n) is 13.6. The van der Waals surface area contributed by atoms with Crippen molar-refractivity contribution < 1.29 is 28.6 Å². The van der Waals surface area contributed by atoms with Gasteiger partial charge in [-0.15, -0.1) is 0 Å². The van der Waals surface area contributed by atoms with E-state index in [2.05, 4.69) is 29.2 Å². The zero-order valence-electron chi connectivity index (χ0n) is 27.5. The Morgan fingerprint density at radius 3 is 2.57 bits per heavy atom. The van der Waals surface area contributed by atoms with Crippen molar-refractivity contribution in [3.63, 3.8) is 0 Å². The smallest absolute Gasteiger partial charge is 0.308 e. The number of hydrogen-bond donors (Lipinski definition) is 0. The molecule has 4 aliphatic rings. The summed E-state index contributed by atoms with van der Waals surface area (Å²) in [6, 6.07) is 22.0. The molecule has 1 saturated heterocycles. The summed E-state index contributed by atoms with van der Waals surface area (Å²) in [6.45, 7) is 6.52. The number of piperidine rings is 1. The predicted octanol–water partition coefficient (Wildman–Crippen LogP) is 5.43. The number of nitrogens with zero attached hydrogens (tertiary/aromatic N) is 2. The minimum Gasteiger partial charge on any atom is -0.483 e. The summed E-state index contributed by atoms with van der Waals surface area (Å²) in [7, 11) is 1.83. The lowest BCUT2D eigenvalue weighted by Crippen LogP contribution is -2.79. The fourth-order valence-corrected chi connectivity index (χ4v) is 9.07. The zero-order chi connectivity index (χ0) is 32.9. The van der Waals surface area contributed by atoms with Gasteiger partial charge in [-0.1, -0.05) is 66.2 Å². The van der Waals surface area contributed by atoms with Crippen LogP contribution in [0.15, 0.2) is 72.8 Å². The van der Waals surface area contributed by atoms with Crippen molar-refractivity contribution in [2.45, 2.75) is 82.1 Å². The number of esters is 2. The number of carbonyl (C=O) groups excluding carboxylic acids is 3. The highest BCUT2D eigenvalue weighted by Gasteiger charge is 2.75. The van der Waals surface area contributed by atoms with Crippen molar-refractivity contribution in [3.8, 4) is 11.5 Å². The maximum absolute atomic E-state index is 13.8. The minimum atomic E-state index is -0.872. The van der Waals surface area contributed by atoms with E-state index < -0.39 is 23.1 Å². The van der Waals surface area contributed by atoms with Gasteiger partial charge in [0.15, 0.2) is 11.5 Å². The molecule has 0 radical (unpaired) electrons. The standard InChI is InChI=1S/C39H42N2O6/c1-25-9-8-12-29(23-25)13-16-34(44)40(4)31-17-19-39(47-27(3)43)33-24-30-14-15-32(45-26(2)42)36-35(30)38(39,37(31)46-36)20-22-41(33)21-18-28-10-6-5-7-11-28/h5-16,23,31,33,37H,17-22,24H2,1-4H3/t31-,33-,37+,38+,39-/m1/s1. The van der Waals surface area contributed by atoms with E-state index in [-0.39, 0.29) is 24.0 Å². The number of carbonyl (C=O) groups is 3. The van der Waals surface area contributed by atoms with E-state index in [0.29, 0.717) is 37.2 Å². The van der Waals surface area contributed by atoms with Gasteiger partial charge in [-0.25, -0.2) is 0 Å². The molecule has 5 atom stereocenters. The lowest BCUT2D eigenvalue weighted by molar-refractivity contribution is -0.223. The van der Waals surface area contributed by atoms with Crippen molar-refractivity contribution in [2.24, 2.45) is 0 Å². The molecule has 2 aliphatic carbocycles. The summed E-state index contributed by atoms with van der Waals surface area (Å²) >= 11 is 0. The van der Waals surface area contributed by atoms with Gasteiger partial charge in [0.05, 0.1) is 17.5 Å². The van der Waals surface area contributed by atoms with Crippen LogP contribution in [0.2, 0.25) is 0 Å². The van der Waals surface area contributed by atoms with Crippen LogP contribution in [0.5, 0.6) is 11.5 Å². The summed E-state index contributed by atoms with van der Waals surface area (Å²) in [6.07, 6.45) is 6.39. The first-order valence-electron chi connectivity index (χ1n) is 16.6. The molecule has 1 amide bonds. The van der Waals surface area contributed by atoms with Crippen molar-refractivity contribution in [2.75, 3.05) is 20.1 Å². The summed E-state index contributed by atoms with van der Waals surface area (Å²) in [4.78, 5) is 43.3. The molecule has 3 aromatic rings. The van der Waals surface area contributed by atoms with Crippen molar-refractivity contribution >= 4 is 23.9 Å². The SMILES string of the molecule is CC(=O)Oc1ccc2c3c1O[C@H]1[C@H](N(C)C(=O)C=Cc4cccc(C)c4)CC[C@@]4(OC(C)=O)[C@@H](C2)N(CCc2ccccc2)CC[C@]314. The molecule has 2 aliphatic heterocycles. The molecule has 1 saturated carbocycles. The third-order valence-corrected chi connectivity index (χ3v) is 10.9. The number of likely N-dealkylation sites (N-methyl/N-ethyl adjacent to an activating group) is 1. The fourth-order valence-electron chi connectivity index (χ4n) is 9.07. The second-order valence-corrected chi connectivity index (χ2v) is 13.6. The van der Waals surface area contributed by atoms with Crippen LogP contribution >= 0.6 is 0 Å². The van der Waals surface area contributed by atoms with E-state index in [1.54, 1.807) is 11.0 Å². The summed E-state index contributed by atoms with van der Waals surface area (Å²) in [5, 5.41) is 0. The molecule has 0 N–H and O–H groups in total. The van der Waals surface area contributed by atoms with Crippen LogP contribution in [0.25, 0.3) is 6.08 Å². The van der Waals surface area contributed by atoms with Crippen LogP contribution in [0.3, 0.4) is 0 Å². The first kappa shape index (κ1) is 31.2. The van der Waals surface area contributed by atoms with Crippen LogP contribution in [0.4, 0.5) is 0 Å². The van der Waals surface area contributed by atoms with E-state index in [9.17, 15) is 14.4 Å². The lowest BCUT2D eigenvalue weighted by atomic mass is 9.48. The number of hydrogen-bond acceptors (Lipinski definition) is 7. The average molecular weight is 635 g/mol. The molecule has 2 fully saturated rings. The van der Waals surface area contributed by atoms with Crippen LogP contribution in [-0.4, -0.2) is 71.6 Å². The average Bonchev–Trinajstić information content (AvgIpc) is 3.39. The highest BCUT2D eigenvalue weighted by molar-refractivity contribution is 5.92. The van der Waals surface area contributed by atoms with Gasteiger partial charge in [0.1, 0.15) is 11.7 Å². The summed E-state index contributed by atoms with van der Waals surface area (Å²) < 4.78 is 19.3. The van der Waals surface area contributed by atoms with Crippen LogP contribution < -0.4 is 9.47 Å². The number of amides is 1. The van der Waals surface area contributed by atoms with Crippen molar-refractivity contribution in [1.82, 2.24) is 9.80 Å². The van der Waals surface area contributed by atoms with E-state index >= 15 is 0 Å². The van der Waals surface area contributed by atoms with Crippen LogP contribution in [0.1, 0.15) is 60.9 Å². The predicted molar refractivity (Wildman–Crippen MR) is 178 cm³/mol. The number of ether oxygens (including phenoxy) is 3. The highest BCUT2D eigenvalue weighted by atomic mass is 16.6. The molecule has 0 aromatic heterocycles. The van der Waals surface area contributed by atoms with Gasteiger partial charge >= 0.3 is 11.9 Å². The minimum absolute atomic E-state index is 0.0730. The molecule has 244 valence electrons. The molecule has 7 rings (SSSR count). The molecule has 8 heteroatoms. The van der Waals surface area contributed by atoms with E-state index in [0.717, 1.165) is 41.8 Å². The molecule has 0 unspecified atom stereocenters. The van der Waals surface area contributed by atoms with Crippen LogP contribution in [0, 0.1) is 6.92 Å². The Hall–Kier alpha value is -4.43. The first-order valence-corrected chi connectivity index (χ1v) is 16.6. The fraction of sp³-hybridized carbons (Fsp3) is 0.410. The topological polar surface area (TPSA) is 85.4 Å². The molecule has 1 spiro atoms. The largest absolute Gasteiger partial charge is 0.483 e. The Labute approximate surface area is 276 Å². The quantitative estimate of drug-likeness (QED) is 0.186. The molecule has 2 bridgehead atoms. The Bertz CT molecular complexity index is 1750. The second kappa shape index (κ2) is 12.0. The maximum Gasteiger partial charge on any atom is 0.308 e. The number of benzene rings is 3. The van der Waals surface area contributed by atoms with Crippen molar-refractivity contribution in [1.29, 1.82) is 0 Å². The van der Waals surface area contributed by atoms with Gasteiger partial charge in [-0.3, -0.25) is 19.3 Å². The molecule has 3 aromatic carbocycles. The third kappa shape index (κ3) is 5.14. The normalized spacial score (nSPS) is 27.1. The van der Waals surface area contributed by atoms with Crippen LogP contribution in [-0.2, 0) is 37.4 Å². The summed E-state index contributed by atoms with van der Waals surface area (Å²) in [5.41, 5.74) is 3.85. The number of likely N-dealkylation sites (tertiary alicyclic amines) is 1. The van der Waals surface area contributed by atoms with Gasteiger partial charge < -0.3 is 19.1 Å². The number of rotatable bonds is 8. The van der Waals surface area contributed by atoms with Gasteiger partial charge in [-0.2, -0.15) is 0 Å². The molecule has 8 nitrogen and oxygen atoms in total. The first-order chi connectivity index (χ1) is 22.6. The lowest BCUT2D eigenvalue weighted by Gasteiger charge is -2.65. The van der Waals surface area contributed by atoms with Gasteiger partial charge in [0.2, 0.25) is 5.91 Å². The van der Waals surface area contributed by atoms with E-state index in [4.69, 9.17) is 14.2 Å². The monoisotopic (exact) mass is 634 g/mol. The Kier molecular flexibility index (Phi) is 7.95. The molecule has 47 heavy (non-hydrogen) atoms. The molecule has 2 heterocycles. The summed E-state index contributed by atoms with van der Waals surface area (Å²) in [5.74, 6) is 0.0285. The van der Waals surface area contributed by atoms with Gasteiger partial charge in [0, 0.05) is 39.1 Å². The Morgan fingerprint density at radius 2 is 1.83 bits per heavy atom. The zero-order valence-corrected chi connectivity index (χ0v) is 27.5. The Morgan fingerprint density at radius 1 is 1.02 bits per heavy atom.